The molecule has 1 atom stereocenters. The molecule has 1 N–H and O–H groups in total. The molecule has 0 radical (unpaired) electrons. The number of amides is 3. The number of ether oxygens (including phenoxy) is 1. The fraction of sp³-hybridized carbons (Fsp3) is 0.400. The number of fused-ring (bicyclic) bond motifs is 1. The number of benzene rings is 2. The number of nitrogens with zero attached hydrogens (tertiary/aromatic N) is 6. The maximum atomic E-state index is 13.7. The van der Waals surface area contributed by atoms with Crippen LogP contribution in [0.4, 0.5) is 24.5 Å². The minimum atomic E-state index is -4.78. The van der Waals surface area contributed by atoms with Crippen molar-refractivity contribution in [1.29, 1.82) is 5.26 Å². The van der Waals surface area contributed by atoms with Crippen LogP contribution in [0.3, 0.4) is 0 Å². The van der Waals surface area contributed by atoms with Gasteiger partial charge >= 0.3 is 6.18 Å². The molecule has 0 bridgehead atoms. The van der Waals surface area contributed by atoms with Crippen molar-refractivity contribution in [3.05, 3.63) is 83.8 Å². The molecular weight excluding hydrogens is 732 g/mol. The van der Waals surface area contributed by atoms with E-state index < -0.39 is 28.7 Å². The first-order valence-corrected chi connectivity index (χ1v) is 18.7. The Bertz CT molecular complexity index is 2190. The Kier molecular flexibility index (Phi) is 10.4. The van der Waals surface area contributed by atoms with Crippen LogP contribution in [0.15, 0.2) is 67.1 Å². The highest BCUT2D eigenvalue weighted by atomic mass is 32.1. The second-order valence-corrected chi connectivity index (χ2v) is 15.0. The number of likely N-dealkylation sites (tertiary alicyclic amines) is 1. The third kappa shape index (κ3) is 7.40. The number of hydrogen-bond acceptors (Lipinski definition) is 8. The molecule has 3 aliphatic heterocycles. The van der Waals surface area contributed by atoms with Crippen molar-refractivity contribution in [2.24, 2.45) is 0 Å². The molecule has 3 amide bonds. The molecular formula is C40H40F3N7O4S. The fourth-order valence-electron chi connectivity index (χ4n) is 7.88. The van der Waals surface area contributed by atoms with E-state index in [0.717, 1.165) is 78.8 Å². The predicted molar refractivity (Wildman–Crippen MR) is 204 cm³/mol. The highest BCUT2D eigenvalue weighted by Crippen LogP contribution is 2.40. The maximum absolute atomic E-state index is 13.7. The zero-order valence-electron chi connectivity index (χ0n) is 30.4. The Hall–Kier alpha value is -5.33. The standard InChI is InChI=1S/C40H40F3N7O4S/c1-39(2)37(53)49(28-6-5-25(22-44)33(21-28)40(41,42)43)38(55)50(39)27-7-9-29(10-8-27)54-20-4-3-16-47-17-13-26(14-18-47)48-19-15-30-32(23-45-24-34(30)48)31-11-12-35(51)46-36(31)52/h5-10,15,19,21,23-24,26,31H,3-4,11-14,16-18,20H2,1-2H3,(H,46,51,52). The number of halogens is 3. The number of piperidine rings is 2. The summed E-state index contributed by atoms with van der Waals surface area (Å²) in [6.45, 7) is 6.73. The van der Waals surface area contributed by atoms with Crippen molar-refractivity contribution in [2.75, 3.05) is 36.0 Å². The Morgan fingerprint density at radius 3 is 2.42 bits per heavy atom. The number of carbonyl (C=O) groups excluding carboxylic acids is 3. The summed E-state index contributed by atoms with van der Waals surface area (Å²) in [4.78, 5) is 47.4. The van der Waals surface area contributed by atoms with Gasteiger partial charge in [-0.15, -0.1) is 0 Å². The van der Waals surface area contributed by atoms with Crippen LogP contribution in [0.1, 0.15) is 81.0 Å². The number of carbonyl (C=O) groups is 3. The molecule has 11 nitrogen and oxygen atoms in total. The van der Waals surface area contributed by atoms with Crippen LogP contribution >= 0.6 is 12.2 Å². The molecule has 286 valence electrons. The van der Waals surface area contributed by atoms with Crippen LogP contribution in [-0.4, -0.2) is 69.1 Å². The first-order chi connectivity index (χ1) is 26.3. The molecule has 55 heavy (non-hydrogen) atoms. The normalized spacial score (nSPS) is 19.6. The van der Waals surface area contributed by atoms with Crippen LogP contribution < -0.4 is 19.9 Å². The summed E-state index contributed by atoms with van der Waals surface area (Å²) in [7, 11) is 0. The van der Waals surface area contributed by atoms with Gasteiger partial charge < -0.3 is 19.1 Å². The number of imide groups is 1. The molecule has 2 aromatic carbocycles. The Balaban J connectivity index is 0.888. The van der Waals surface area contributed by atoms with Gasteiger partial charge in [0.05, 0.1) is 47.1 Å². The lowest BCUT2D eigenvalue weighted by Crippen LogP contribution is -2.44. The summed E-state index contributed by atoms with van der Waals surface area (Å²) in [5, 5.41) is 12.7. The monoisotopic (exact) mass is 771 g/mol. The molecule has 3 saturated heterocycles. The topological polar surface area (TPSA) is 124 Å². The van der Waals surface area contributed by atoms with Crippen molar-refractivity contribution < 1.29 is 32.3 Å². The number of alkyl halides is 3. The van der Waals surface area contributed by atoms with E-state index in [1.165, 1.54) is 6.07 Å². The Labute approximate surface area is 321 Å². The number of pyridine rings is 1. The van der Waals surface area contributed by atoms with Gasteiger partial charge in [-0.3, -0.25) is 29.6 Å². The SMILES string of the molecule is CC1(C)C(=O)N(c2ccc(C#N)c(C(F)(F)F)c2)C(=S)N1c1ccc(OCCCCN2CCC(n3ccc4c(C5CCC(=O)NC5=O)cncc43)CC2)cc1. The lowest BCUT2D eigenvalue weighted by atomic mass is 9.90. The first kappa shape index (κ1) is 38.0. The van der Waals surface area contributed by atoms with E-state index in [4.69, 9.17) is 17.0 Å². The van der Waals surface area contributed by atoms with Gasteiger partial charge in [-0.25, -0.2) is 0 Å². The molecule has 3 fully saturated rings. The predicted octanol–water partition coefficient (Wildman–Crippen LogP) is 6.86. The van der Waals surface area contributed by atoms with Gasteiger partial charge in [-0.05, 0) is 119 Å². The number of rotatable bonds is 10. The average Bonchev–Trinajstić information content (AvgIpc) is 3.67. The smallest absolute Gasteiger partial charge is 0.417 e. The number of hydrogen-bond donors (Lipinski definition) is 1. The quantitative estimate of drug-likeness (QED) is 0.105. The zero-order chi connectivity index (χ0) is 39.1. The minimum absolute atomic E-state index is 0.0307. The van der Waals surface area contributed by atoms with Gasteiger partial charge in [0.15, 0.2) is 5.11 Å². The summed E-state index contributed by atoms with van der Waals surface area (Å²) in [5.41, 5.74) is -0.441. The number of aromatic nitrogens is 2. The number of thiocarbonyl (C=S) groups is 1. The lowest BCUT2D eigenvalue weighted by Gasteiger charge is -2.33. The van der Waals surface area contributed by atoms with Crippen molar-refractivity contribution in [3.63, 3.8) is 0 Å². The van der Waals surface area contributed by atoms with Crippen LogP contribution in [0, 0.1) is 11.3 Å². The van der Waals surface area contributed by atoms with Gasteiger partial charge in [0.1, 0.15) is 11.3 Å². The van der Waals surface area contributed by atoms with Crippen molar-refractivity contribution >= 4 is 57.3 Å². The summed E-state index contributed by atoms with van der Waals surface area (Å²) >= 11 is 5.64. The molecule has 7 rings (SSSR count). The Morgan fingerprint density at radius 1 is 1.00 bits per heavy atom. The average molecular weight is 772 g/mol. The number of nitrogens with one attached hydrogen (secondary N) is 1. The zero-order valence-corrected chi connectivity index (χ0v) is 31.3. The molecule has 1 unspecified atom stereocenters. The molecule has 2 aromatic heterocycles. The van der Waals surface area contributed by atoms with E-state index in [9.17, 15) is 32.8 Å². The second-order valence-electron chi connectivity index (χ2n) is 14.7. The molecule has 3 aliphatic rings. The highest BCUT2D eigenvalue weighted by Gasteiger charge is 2.50. The summed E-state index contributed by atoms with van der Waals surface area (Å²) in [6.07, 6.45) is 5.56. The van der Waals surface area contributed by atoms with Gasteiger partial charge in [0.25, 0.3) is 5.91 Å². The number of nitriles is 1. The van der Waals surface area contributed by atoms with E-state index in [1.54, 1.807) is 55.3 Å². The van der Waals surface area contributed by atoms with Crippen molar-refractivity contribution in [2.45, 2.75) is 76.0 Å². The van der Waals surface area contributed by atoms with Crippen molar-refractivity contribution in [1.82, 2.24) is 19.8 Å². The van der Waals surface area contributed by atoms with Crippen molar-refractivity contribution in [3.8, 4) is 11.8 Å². The summed E-state index contributed by atoms with van der Waals surface area (Å²) in [6, 6.07) is 14.2. The van der Waals surface area contributed by atoms with Gasteiger partial charge in [0, 0.05) is 49.0 Å². The minimum Gasteiger partial charge on any atom is -0.494 e. The summed E-state index contributed by atoms with van der Waals surface area (Å²) < 4.78 is 49.3. The molecule has 4 aromatic rings. The molecule has 5 heterocycles. The van der Waals surface area contributed by atoms with Gasteiger partial charge in [-0.1, -0.05) is 0 Å². The van der Waals surface area contributed by atoms with E-state index >= 15 is 0 Å². The molecule has 0 saturated carbocycles. The van der Waals surface area contributed by atoms with E-state index in [2.05, 4.69) is 32.0 Å². The largest absolute Gasteiger partial charge is 0.494 e. The second kappa shape index (κ2) is 15.1. The van der Waals surface area contributed by atoms with Crippen LogP contribution in [0.5, 0.6) is 5.75 Å². The summed E-state index contributed by atoms with van der Waals surface area (Å²) in [5.74, 6) is -0.704. The van der Waals surface area contributed by atoms with E-state index in [-0.39, 0.29) is 28.5 Å². The molecule has 0 spiro atoms. The van der Waals surface area contributed by atoms with E-state index in [0.29, 0.717) is 36.9 Å². The molecule has 0 aliphatic carbocycles. The van der Waals surface area contributed by atoms with Crippen LogP contribution in [0.25, 0.3) is 10.9 Å². The van der Waals surface area contributed by atoms with Gasteiger partial charge in [-0.2, -0.15) is 18.4 Å². The third-order valence-corrected chi connectivity index (χ3v) is 11.2. The van der Waals surface area contributed by atoms with Crippen LogP contribution in [0.2, 0.25) is 0 Å². The van der Waals surface area contributed by atoms with E-state index in [1.807, 2.05) is 6.20 Å². The Morgan fingerprint density at radius 2 is 1.73 bits per heavy atom. The van der Waals surface area contributed by atoms with Gasteiger partial charge in [0.2, 0.25) is 11.8 Å². The first-order valence-electron chi connectivity index (χ1n) is 18.3. The third-order valence-electron chi connectivity index (χ3n) is 10.8. The molecule has 15 heteroatoms. The highest BCUT2D eigenvalue weighted by molar-refractivity contribution is 7.81. The fourth-order valence-corrected chi connectivity index (χ4v) is 8.41. The number of anilines is 2. The lowest BCUT2D eigenvalue weighted by molar-refractivity contribution is -0.138. The maximum Gasteiger partial charge on any atom is 0.417 e. The van der Waals surface area contributed by atoms with Crippen LogP contribution in [-0.2, 0) is 20.6 Å². The number of unbranched alkanes of at least 4 members (excludes halogenated alkanes) is 1.